The van der Waals surface area contributed by atoms with Crippen LogP contribution in [-0.2, 0) is 9.59 Å². The molecule has 22 heavy (non-hydrogen) atoms. The van der Waals surface area contributed by atoms with E-state index in [1.54, 1.807) is 4.90 Å². The molecule has 6 heteroatoms. The van der Waals surface area contributed by atoms with Crippen molar-refractivity contribution in [1.29, 1.82) is 0 Å². The van der Waals surface area contributed by atoms with E-state index in [1.165, 1.54) is 0 Å². The van der Waals surface area contributed by atoms with Crippen LogP contribution in [0.3, 0.4) is 0 Å². The molecule has 1 heterocycles. The molecule has 0 spiro atoms. The summed E-state index contributed by atoms with van der Waals surface area (Å²) in [7, 11) is 0. The Kier molecular flexibility index (Phi) is 6.21. The van der Waals surface area contributed by atoms with Crippen molar-refractivity contribution in [3.05, 3.63) is 30.3 Å². The van der Waals surface area contributed by atoms with Gasteiger partial charge in [0, 0.05) is 13.1 Å². The second-order valence-corrected chi connectivity index (χ2v) is 5.40. The molecule has 1 aliphatic heterocycles. The Morgan fingerprint density at radius 2 is 2.14 bits per heavy atom. The molecular formula is C16H22N2O4. The summed E-state index contributed by atoms with van der Waals surface area (Å²) < 4.78 is 5.49. The Labute approximate surface area is 130 Å². The van der Waals surface area contributed by atoms with Crippen LogP contribution >= 0.6 is 0 Å². The number of likely N-dealkylation sites (tertiary alicyclic amines) is 1. The fourth-order valence-electron chi connectivity index (χ4n) is 2.54. The summed E-state index contributed by atoms with van der Waals surface area (Å²) in [5.74, 6) is 0.549. The normalized spacial score (nSPS) is 20.1. The van der Waals surface area contributed by atoms with Crippen molar-refractivity contribution in [3.8, 4) is 5.75 Å². The van der Waals surface area contributed by atoms with E-state index in [4.69, 9.17) is 4.74 Å². The van der Waals surface area contributed by atoms with Crippen LogP contribution in [0.5, 0.6) is 5.75 Å². The highest BCUT2D eigenvalue weighted by atomic mass is 16.5. The van der Waals surface area contributed by atoms with Crippen molar-refractivity contribution >= 4 is 12.3 Å². The molecule has 1 aromatic rings. The minimum atomic E-state index is -0.765. The molecule has 2 atom stereocenters. The third-order valence-electron chi connectivity index (χ3n) is 3.67. The molecule has 1 fully saturated rings. The Bertz CT molecular complexity index is 480. The quantitative estimate of drug-likeness (QED) is 0.721. The number of benzene rings is 1. The Balaban J connectivity index is 1.84. The van der Waals surface area contributed by atoms with Crippen LogP contribution in [0.15, 0.2) is 30.3 Å². The first-order chi connectivity index (χ1) is 10.7. The largest absolute Gasteiger partial charge is 0.491 e. The molecule has 1 saturated heterocycles. The van der Waals surface area contributed by atoms with Crippen LogP contribution in [0.2, 0.25) is 0 Å². The summed E-state index contributed by atoms with van der Waals surface area (Å²) in [6, 6.07) is 8.74. The number of ether oxygens (including phenoxy) is 1. The number of hydrogen-bond acceptors (Lipinski definition) is 4. The lowest BCUT2D eigenvalue weighted by molar-refractivity contribution is -0.135. The molecule has 0 radical (unpaired) electrons. The molecule has 2 rings (SSSR count). The first-order valence-corrected chi connectivity index (χ1v) is 7.55. The van der Waals surface area contributed by atoms with E-state index >= 15 is 0 Å². The number of nitrogens with one attached hydrogen (secondary N) is 1. The fourth-order valence-corrected chi connectivity index (χ4v) is 2.54. The van der Waals surface area contributed by atoms with Crippen LogP contribution in [-0.4, -0.2) is 54.2 Å². The second-order valence-electron chi connectivity index (χ2n) is 5.40. The lowest BCUT2D eigenvalue weighted by atomic mass is 10.1. The van der Waals surface area contributed by atoms with Gasteiger partial charge in [-0.25, -0.2) is 0 Å². The topological polar surface area (TPSA) is 78.9 Å². The van der Waals surface area contributed by atoms with Crippen molar-refractivity contribution < 1.29 is 19.4 Å². The monoisotopic (exact) mass is 306 g/mol. The highest BCUT2D eigenvalue weighted by Gasteiger charge is 2.27. The second kappa shape index (κ2) is 8.38. The SMILES string of the molecule is O=CN[C@H]1CCCCN(CC(O)COc2ccccc2)C1=O. The summed E-state index contributed by atoms with van der Waals surface area (Å²) in [6.07, 6.45) is 2.18. The summed E-state index contributed by atoms with van der Waals surface area (Å²) in [5, 5.41) is 12.6. The molecule has 1 aromatic carbocycles. The average Bonchev–Trinajstić information content (AvgIpc) is 2.70. The van der Waals surface area contributed by atoms with Gasteiger partial charge in [-0.2, -0.15) is 0 Å². The van der Waals surface area contributed by atoms with E-state index in [-0.39, 0.29) is 19.1 Å². The molecule has 0 aromatic heterocycles. The number of carbonyl (C=O) groups is 2. The Morgan fingerprint density at radius 1 is 1.36 bits per heavy atom. The average molecular weight is 306 g/mol. The van der Waals surface area contributed by atoms with E-state index in [0.717, 1.165) is 12.8 Å². The van der Waals surface area contributed by atoms with Gasteiger partial charge in [-0.1, -0.05) is 18.2 Å². The number of rotatable bonds is 7. The highest BCUT2D eigenvalue weighted by molar-refractivity contribution is 5.83. The maximum absolute atomic E-state index is 12.3. The summed E-state index contributed by atoms with van der Waals surface area (Å²) >= 11 is 0. The lowest BCUT2D eigenvalue weighted by Gasteiger charge is -2.26. The van der Waals surface area contributed by atoms with E-state index in [0.29, 0.717) is 25.1 Å². The van der Waals surface area contributed by atoms with E-state index in [9.17, 15) is 14.7 Å². The van der Waals surface area contributed by atoms with Crippen LogP contribution in [0, 0.1) is 0 Å². The standard InChI is InChI=1S/C16H22N2O4/c19-12-17-15-8-4-5-9-18(16(15)21)10-13(20)11-22-14-6-2-1-3-7-14/h1-3,6-7,12-13,15,20H,4-5,8-11H2,(H,17,19)/t13?,15-/m0/s1. The molecule has 6 nitrogen and oxygen atoms in total. The zero-order valence-electron chi connectivity index (χ0n) is 12.5. The number of aliphatic hydroxyl groups is 1. The van der Waals surface area contributed by atoms with Gasteiger partial charge in [-0.3, -0.25) is 9.59 Å². The molecule has 0 bridgehead atoms. The smallest absolute Gasteiger partial charge is 0.245 e. The van der Waals surface area contributed by atoms with E-state index in [1.807, 2.05) is 30.3 Å². The summed E-state index contributed by atoms with van der Waals surface area (Å²) in [6.45, 7) is 0.931. The number of nitrogens with zero attached hydrogens (tertiary/aromatic N) is 1. The minimum absolute atomic E-state index is 0.125. The molecule has 2 amide bonds. The maximum atomic E-state index is 12.3. The zero-order chi connectivity index (χ0) is 15.8. The van der Waals surface area contributed by atoms with Crippen molar-refractivity contribution in [2.24, 2.45) is 0 Å². The van der Waals surface area contributed by atoms with Crippen molar-refractivity contribution in [3.63, 3.8) is 0 Å². The summed E-state index contributed by atoms with van der Waals surface area (Å²) in [5.41, 5.74) is 0. The van der Waals surface area contributed by atoms with Gasteiger partial charge in [0.2, 0.25) is 12.3 Å². The van der Waals surface area contributed by atoms with Crippen molar-refractivity contribution in [1.82, 2.24) is 10.2 Å². The first-order valence-electron chi connectivity index (χ1n) is 7.55. The number of para-hydroxylation sites is 1. The van der Waals surface area contributed by atoms with E-state index < -0.39 is 12.1 Å². The molecule has 2 N–H and O–H groups in total. The van der Waals surface area contributed by atoms with Gasteiger partial charge in [0.25, 0.3) is 0 Å². The van der Waals surface area contributed by atoms with Gasteiger partial charge in [-0.05, 0) is 31.4 Å². The fraction of sp³-hybridized carbons (Fsp3) is 0.500. The molecule has 0 saturated carbocycles. The number of β-amino-alcohol motifs (C(OH)–C–C–N with tert-alkyl or cyclic N) is 1. The van der Waals surface area contributed by atoms with Crippen LogP contribution in [0.1, 0.15) is 19.3 Å². The first kappa shape index (κ1) is 16.3. The van der Waals surface area contributed by atoms with Gasteiger partial charge < -0.3 is 20.1 Å². The molecule has 120 valence electrons. The van der Waals surface area contributed by atoms with Gasteiger partial charge in [0.15, 0.2) is 0 Å². The van der Waals surface area contributed by atoms with Crippen LogP contribution in [0.25, 0.3) is 0 Å². The zero-order valence-corrected chi connectivity index (χ0v) is 12.5. The number of carbonyl (C=O) groups excluding carboxylic acids is 2. The van der Waals surface area contributed by atoms with Gasteiger partial charge in [0.1, 0.15) is 24.5 Å². The van der Waals surface area contributed by atoms with E-state index in [2.05, 4.69) is 5.32 Å². The predicted molar refractivity (Wildman–Crippen MR) is 81.4 cm³/mol. The minimum Gasteiger partial charge on any atom is -0.491 e. The highest BCUT2D eigenvalue weighted by Crippen LogP contribution is 2.13. The van der Waals surface area contributed by atoms with Crippen LogP contribution in [0.4, 0.5) is 0 Å². The number of amides is 2. The summed E-state index contributed by atoms with van der Waals surface area (Å²) in [4.78, 5) is 24.5. The number of hydrogen-bond donors (Lipinski definition) is 2. The molecule has 1 unspecified atom stereocenters. The van der Waals surface area contributed by atoms with Gasteiger partial charge in [-0.15, -0.1) is 0 Å². The Hall–Kier alpha value is -2.08. The number of aliphatic hydroxyl groups excluding tert-OH is 1. The van der Waals surface area contributed by atoms with Crippen LogP contribution < -0.4 is 10.1 Å². The lowest BCUT2D eigenvalue weighted by Crippen LogP contribution is -2.48. The Morgan fingerprint density at radius 3 is 2.86 bits per heavy atom. The molecular weight excluding hydrogens is 284 g/mol. The maximum Gasteiger partial charge on any atom is 0.245 e. The van der Waals surface area contributed by atoms with Gasteiger partial charge in [0.05, 0.1) is 0 Å². The van der Waals surface area contributed by atoms with Crippen molar-refractivity contribution in [2.75, 3.05) is 19.7 Å². The third kappa shape index (κ3) is 4.73. The molecule has 1 aliphatic rings. The predicted octanol–water partition coefficient (Wildman–Crippen LogP) is 0.553. The van der Waals surface area contributed by atoms with Gasteiger partial charge >= 0.3 is 0 Å². The molecule has 0 aliphatic carbocycles. The van der Waals surface area contributed by atoms with Crippen molar-refractivity contribution in [2.45, 2.75) is 31.4 Å². The third-order valence-corrected chi connectivity index (χ3v) is 3.67.